The Morgan fingerprint density at radius 1 is 1.21 bits per heavy atom. The highest BCUT2D eigenvalue weighted by molar-refractivity contribution is 5.82. The Morgan fingerprint density at radius 3 is 2.37 bits per heavy atom. The summed E-state index contributed by atoms with van der Waals surface area (Å²) in [6.07, 6.45) is 0.788. The van der Waals surface area contributed by atoms with Crippen LogP contribution in [0.5, 0.6) is 0 Å². The van der Waals surface area contributed by atoms with E-state index >= 15 is 0 Å². The number of hydrogen-bond acceptors (Lipinski definition) is 4. The molecule has 1 fully saturated rings. The fourth-order valence-electron chi connectivity index (χ4n) is 2.11. The van der Waals surface area contributed by atoms with Gasteiger partial charge in [-0.25, -0.2) is 0 Å². The largest absolute Gasteiger partial charge is 0.480 e. The molecule has 19 heavy (non-hydrogen) atoms. The number of carboxylic acid groups (broad SMARTS) is 1. The second-order valence-electron chi connectivity index (χ2n) is 6.19. The Morgan fingerprint density at radius 2 is 1.84 bits per heavy atom. The third kappa shape index (κ3) is 4.80. The van der Waals surface area contributed by atoms with Crippen LogP contribution >= 0.6 is 0 Å². The summed E-state index contributed by atoms with van der Waals surface area (Å²) < 4.78 is 0. The van der Waals surface area contributed by atoms with Crippen molar-refractivity contribution in [3.05, 3.63) is 0 Å². The predicted molar refractivity (Wildman–Crippen MR) is 72.7 cm³/mol. The van der Waals surface area contributed by atoms with E-state index in [1.54, 1.807) is 4.90 Å². The van der Waals surface area contributed by atoms with E-state index in [2.05, 4.69) is 0 Å². The van der Waals surface area contributed by atoms with E-state index in [1.165, 1.54) is 0 Å². The average molecular weight is 271 g/mol. The lowest BCUT2D eigenvalue weighted by atomic mass is 9.86. The summed E-state index contributed by atoms with van der Waals surface area (Å²) >= 11 is 0. The van der Waals surface area contributed by atoms with Crippen LogP contribution in [0.25, 0.3) is 0 Å². The molecule has 0 spiro atoms. The topological polar surface area (TPSA) is 86.9 Å². The zero-order valence-corrected chi connectivity index (χ0v) is 12.1. The summed E-state index contributed by atoms with van der Waals surface area (Å²) in [7, 11) is 0. The molecule has 1 aliphatic rings. The van der Waals surface area contributed by atoms with Crippen LogP contribution in [0.15, 0.2) is 0 Å². The minimum Gasteiger partial charge on any atom is -0.480 e. The maximum absolute atomic E-state index is 12.3. The highest BCUT2D eigenvalue weighted by Gasteiger charge is 2.31. The van der Waals surface area contributed by atoms with E-state index in [0.29, 0.717) is 26.2 Å². The SMILES string of the molecule is CC(C)(C)[C@H](N)C(=O)N1CCCN(CC(=O)O)CC1. The second-order valence-corrected chi connectivity index (χ2v) is 6.19. The van der Waals surface area contributed by atoms with Crippen molar-refractivity contribution in [1.82, 2.24) is 9.80 Å². The molecule has 110 valence electrons. The molecule has 3 N–H and O–H groups in total. The number of hydrogen-bond donors (Lipinski definition) is 2. The van der Waals surface area contributed by atoms with Gasteiger partial charge in [0.2, 0.25) is 5.91 Å². The standard InChI is InChI=1S/C13H25N3O3/c1-13(2,3)11(14)12(19)16-6-4-5-15(7-8-16)9-10(17)18/h11H,4-9,14H2,1-3H3,(H,17,18)/t11-/m1/s1. The Labute approximate surface area is 114 Å². The fourth-order valence-corrected chi connectivity index (χ4v) is 2.11. The molecule has 0 unspecified atom stereocenters. The lowest BCUT2D eigenvalue weighted by Crippen LogP contribution is -2.51. The highest BCUT2D eigenvalue weighted by atomic mass is 16.4. The zero-order valence-electron chi connectivity index (χ0n) is 12.1. The van der Waals surface area contributed by atoms with Crippen LogP contribution in [0.2, 0.25) is 0 Å². The van der Waals surface area contributed by atoms with Crippen LogP contribution in [0.1, 0.15) is 27.2 Å². The van der Waals surface area contributed by atoms with Crippen LogP contribution < -0.4 is 5.73 Å². The lowest BCUT2D eigenvalue weighted by Gasteiger charge is -2.31. The van der Waals surface area contributed by atoms with Gasteiger partial charge in [-0.1, -0.05) is 20.8 Å². The van der Waals surface area contributed by atoms with Crippen molar-refractivity contribution in [2.45, 2.75) is 33.2 Å². The summed E-state index contributed by atoms with van der Waals surface area (Å²) in [5.41, 5.74) is 5.73. The quantitative estimate of drug-likeness (QED) is 0.753. The van der Waals surface area contributed by atoms with Gasteiger partial charge in [-0.05, 0) is 11.8 Å². The molecular weight excluding hydrogens is 246 g/mol. The Hall–Kier alpha value is -1.14. The smallest absolute Gasteiger partial charge is 0.317 e. The van der Waals surface area contributed by atoms with Crippen molar-refractivity contribution in [2.24, 2.45) is 11.1 Å². The summed E-state index contributed by atoms with van der Waals surface area (Å²) in [4.78, 5) is 26.6. The average Bonchev–Trinajstić information content (AvgIpc) is 2.50. The third-order valence-electron chi connectivity index (χ3n) is 3.46. The van der Waals surface area contributed by atoms with Crippen molar-refractivity contribution < 1.29 is 14.7 Å². The first-order chi connectivity index (χ1) is 8.71. The number of carbonyl (C=O) groups excluding carboxylic acids is 1. The van der Waals surface area contributed by atoms with Crippen molar-refractivity contribution in [1.29, 1.82) is 0 Å². The maximum Gasteiger partial charge on any atom is 0.317 e. The molecule has 1 amide bonds. The van der Waals surface area contributed by atoms with Gasteiger partial charge in [0, 0.05) is 26.2 Å². The van der Waals surface area contributed by atoms with Gasteiger partial charge in [0.15, 0.2) is 0 Å². The van der Waals surface area contributed by atoms with Gasteiger partial charge >= 0.3 is 5.97 Å². The van der Waals surface area contributed by atoms with E-state index in [1.807, 2.05) is 25.7 Å². The van der Waals surface area contributed by atoms with Gasteiger partial charge in [-0.15, -0.1) is 0 Å². The number of rotatable bonds is 3. The summed E-state index contributed by atoms with van der Waals surface area (Å²) in [5.74, 6) is -0.865. The van der Waals surface area contributed by atoms with Crippen molar-refractivity contribution >= 4 is 11.9 Å². The number of carboxylic acids is 1. The van der Waals surface area contributed by atoms with Crippen LogP contribution in [-0.2, 0) is 9.59 Å². The molecule has 0 aliphatic carbocycles. The van der Waals surface area contributed by atoms with E-state index in [4.69, 9.17) is 10.8 Å². The van der Waals surface area contributed by atoms with Gasteiger partial charge in [0.1, 0.15) is 0 Å². The molecule has 1 aliphatic heterocycles. The molecule has 1 atom stereocenters. The van der Waals surface area contributed by atoms with E-state index in [0.717, 1.165) is 6.42 Å². The molecule has 0 saturated carbocycles. The van der Waals surface area contributed by atoms with E-state index in [-0.39, 0.29) is 17.9 Å². The first kappa shape index (κ1) is 15.9. The van der Waals surface area contributed by atoms with Crippen molar-refractivity contribution in [3.63, 3.8) is 0 Å². The fraction of sp³-hybridized carbons (Fsp3) is 0.846. The van der Waals surface area contributed by atoms with Crippen LogP contribution in [0.4, 0.5) is 0 Å². The van der Waals surface area contributed by atoms with Gasteiger partial charge in [0.25, 0.3) is 0 Å². The number of carbonyl (C=O) groups is 2. The molecule has 1 saturated heterocycles. The second kappa shape index (κ2) is 6.34. The monoisotopic (exact) mass is 271 g/mol. The number of amides is 1. The molecule has 6 heteroatoms. The third-order valence-corrected chi connectivity index (χ3v) is 3.46. The lowest BCUT2D eigenvalue weighted by molar-refractivity contribution is -0.138. The molecule has 1 heterocycles. The highest BCUT2D eigenvalue weighted by Crippen LogP contribution is 2.19. The van der Waals surface area contributed by atoms with Crippen molar-refractivity contribution in [3.8, 4) is 0 Å². The first-order valence-corrected chi connectivity index (χ1v) is 6.70. The summed E-state index contributed by atoms with van der Waals surface area (Å²) in [6.45, 7) is 8.38. The van der Waals surface area contributed by atoms with Gasteiger partial charge in [0.05, 0.1) is 12.6 Å². The normalized spacial score (nSPS) is 19.9. The number of aliphatic carboxylic acids is 1. The molecule has 1 rings (SSSR count). The Bertz CT molecular complexity index is 339. The molecule has 0 bridgehead atoms. The van der Waals surface area contributed by atoms with E-state index < -0.39 is 12.0 Å². The minimum absolute atomic E-state index is 0.0351. The molecular formula is C13H25N3O3. The van der Waals surface area contributed by atoms with Crippen LogP contribution in [-0.4, -0.2) is 65.5 Å². The minimum atomic E-state index is -0.828. The first-order valence-electron chi connectivity index (χ1n) is 6.70. The molecule has 0 radical (unpaired) electrons. The van der Waals surface area contributed by atoms with Crippen LogP contribution in [0, 0.1) is 5.41 Å². The summed E-state index contributed by atoms with van der Waals surface area (Å²) in [6, 6.07) is -0.515. The Kier molecular flexibility index (Phi) is 5.31. The van der Waals surface area contributed by atoms with Gasteiger partial charge in [-0.2, -0.15) is 0 Å². The van der Waals surface area contributed by atoms with Crippen LogP contribution in [0.3, 0.4) is 0 Å². The Balaban J connectivity index is 2.57. The maximum atomic E-state index is 12.3. The van der Waals surface area contributed by atoms with Gasteiger partial charge in [-0.3, -0.25) is 14.5 Å². The predicted octanol–water partition coefficient (Wildman–Crippen LogP) is -0.0213. The summed E-state index contributed by atoms with van der Waals surface area (Å²) in [5, 5.41) is 8.79. The molecule has 0 aromatic carbocycles. The molecule has 0 aromatic heterocycles. The van der Waals surface area contributed by atoms with Gasteiger partial charge < -0.3 is 15.7 Å². The number of nitrogens with zero attached hydrogens (tertiary/aromatic N) is 2. The zero-order chi connectivity index (χ0) is 14.6. The van der Waals surface area contributed by atoms with Crippen molar-refractivity contribution in [2.75, 3.05) is 32.7 Å². The number of nitrogens with two attached hydrogens (primary N) is 1. The van der Waals surface area contributed by atoms with E-state index in [9.17, 15) is 9.59 Å². The molecule has 6 nitrogen and oxygen atoms in total. The molecule has 0 aromatic rings.